The molecule has 36 heavy (non-hydrogen) atoms. The Kier molecular flexibility index (Phi) is 11.4. The van der Waals surface area contributed by atoms with Crippen LogP contribution in [0.4, 0.5) is 0 Å². The van der Waals surface area contributed by atoms with Crippen molar-refractivity contribution in [1.82, 2.24) is 9.97 Å². The van der Waals surface area contributed by atoms with Crippen LogP contribution in [0.5, 0.6) is 5.75 Å². The van der Waals surface area contributed by atoms with Crippen molar-refractivity contribution in [3.63, 3.8) is 0 Å². The molecule has 0 bridgehead atoms. The van der Waals surface area contributed by atoms with Crippen LogP contribution < -0.4 is 4.74 Å². The average Bonchev–Trinajstić information content (AvgIpc) is 2.92. The molecule has 1 aliphatic rings. The molecule has 0 saturated heterocycles. The normalized spacial score (nSPS) is 19.5. The highest BCUT2D eigenvalue weighted by molar-refractivity contribution is 5.82. The van der Waals surface area contributed by atoms with E-state index in [9.17, 15) is 10.1 Å². The molecule has 1 fully saturated rings. The molecule has 1 saturated carbocycles. The maximum absolute atomic E-state index is 13.0. The van der Waals surface area contributed by atoms with Gasteiger partial charge >= 0.3 is 5.97 Å². The topological polar surface area (TPSA) is 75.9 Å². The van der Waals surface area contributed by atoms with E-state index in [1.165, 1.54) is 64.2 Å². The van der Waals surface area contributed by atoms with Crippen LogP contribution in [0.15, 0.2) is 36.7 Å². The molecule has 5 heteroatoms. The lowest BCUT2D eigenvalue weighted by molar-refractivity contribution is -0.144. The number of unbranched alkanes of at least 4 members (excludes halogenated alkanes) is 7. The number of esters is 1. The third kappa shape index (κ3) is 8.15. The first-order valence-electron chi connectivity index (χ1n) is 14.1. The number of aromatic nitrogens is 2. The van der Waals surface area contributed by atoms with E-state index in [0.717, 1.165) is 30.4 Å². The second kappa shape index (κ2) is 14.7. The molecule has 0 N–H and O–H groups in total. The zero-order valence-electron chi connectivity index (χ0n) is 22.3. The summed E-state index contributed by atoms with van der Waals surface area (Å²) in [6.45, 7) is 4.45. The molecule has 194 valence electrons. The summed E-state index contributed by atoms with van der Waals surface area (Å²) in [5, 5.41) is 9.88. The molecule has 0 radical (unpaired) electrons. The molecule has 1 aromatic heterocycles. The van der Waals surface area contributed by atoms with Crippen LogP contribution >= 0.6 is 0 Å². The SMILES string of the molecule is CCCCCCCC1CCC(C#N)(C(=O)Oc2ccc(-c3ncc(CCCCCC)cn3)cc2)CC1. The Hall–Kier alpha value is -2.74. The average molecular weight is 490 g/mol. The summed E-state index contributed by atoms with van der Waals surface area (Å²) in [4.78, 5) is 22.0. The molecule has 2 aromatic rings. The number of nitriles is 1. The first-order valence-corrected chi connectivity index (χ1v) is 14.1. The third-order valence-electron chi connectivity index (χ3n) is 7.63. The van der Waals surface area contributed by atoms with Gasteiger partial charge in [0.25, 0.3) is 0 Å². The van der Waals surface area contributed by atoms with Crippen molar-refractivity contribution >= 4 is 5.97 Å². The van der Waals surface area contributed by atoms with Gasteiger partial charge < -0.3 is 4.74 Å². The van der Waals surface area contributed by atoms with Crippen molar-refractivity contribution in [1.29, 1.82) is 5.26 Å². The van der Waals surface area contributed by atoms with Gasteiger partial charge in [-0.25, -0.2) is 14.8 Å². The molecule has 1 aromatic carbocycles. The summed E-state index contributed by atoms with van der Waals surface area (Å²) >= 11 is 0. The van der Waals surface area contributed by atoms with E-state index in [1.807, 2.05) is 24.5 Å². The van der Waals surface area contributed by atoms with Gasteiger partial charge in [-0.3, -0.25) is 0 Å². The van der Waals surface area contributed by atoms with E-state index >= 15 is 0 Å². The Labute approximate surface area is 217 Å². The van der Waals surface area contributed by atoms with E-state index in [0.29, 0.717) is 30.3 Å². The number of benzene rings is 1. The minimum Gasteiger partial charge on any atom is -0.425 e. The number of nitrogens with zero attached hydrogens (tertiary/aromatic N) is 3. The van der Waals surface area contributed by atoms with Gasteiger partial charge in [0, 0.05) is 18.0 Å². The quantitative estimate of drug-likeness (QED) is 0.152. The fourth-order valence-electron chi connectivity index (χ4n) is 5.12. The Morgan fingerprint density at radius 3 is 2.17 bits per heavy atom. The number of aryl methyl sites for hydroxylation is 1. The molecule has 1 aliphatic carbocycles. The summed E-state index contributed by atoms with van der Waals surface area (Å²) in [5.74, 6) is 1.33. The number of rotatable bonds is 14. The number of carbonyl (C=O) groups is 1. The molecule has 3 rings (SSSR count). The van der Waals surface area contributed by atoms with Crippen LogP contribution in [-0.2, 0) is 11.2 Å². The zero-order valence-corrected chi connectivity index (χ0v) is 22.3. The summed E-state index contributed by atoms with van der Waals surface area (Å²) in [6.07, 6.45) is 20.4. The zero-order chi connectivity index (χ0) is 25.6. The standard InChI is InChI=1S/C31H43N3O2/c1-3-5-7-9-11-12-25-18-20-31(24-32,21-19-25)30(35)36-28-16-14-27(15-17-28)29-33-22-26(23-34-29)13-10-8-6-4-2/h14-17,22-23,25H,3-13,18-21H2,1-2H3. The highest BCUT2D eigenvalue weighted by Gasteiger charge is 2.43. The molecule has 0 spiro atoms. The smallest absolute Gasteiger partial charge is 0.331 e. The Morgan fingerprint density at radius 2 is 1.56 bits per heavy atom. The minimum absolute atomic E-state index is 0.414. The highest BCUT2D eigenvalue weighted by Crippen LogP contribution is 2.41. The van der Waals surface area contributed by atoms with Crippen molar-refractivity contribution in [3.05, 3.63) is 42.2 Å². The van der Waals surface area contributed by atoms with Crippen LogP contribution in [0.3, 0.4) is 0 Å². The van der Waals surface area contributed by atoms with Gasteiger partial charge in [0.15, 0.2) is 11.2 Å². The van der Waals surface area contributed by atoms with Gasteiger partial charge in [-0.05, 0) is 74.3 Å². The summed E-state index contributed by atoms with van der Waals surface area (Å²) in [6, 6.07) is 9.58. The van der Waals surface area contributed by atoms with Gasteiger partial charge in [0.05, 0.1) is 6.07 Å². The molecule has 0 atom stereocenters. The number of hydrogen-bond acceptors (Lipinski definition) is 5. The minimum atomic E-state index is -1.02. The van der Waals surface area contributed by atoms with Crippen LogP contribution in [0.25, 0.3) is 11.4 Å². The van der Waals surface area contributed by atoms with E-state index in [-0.39, 0.29) is 0 Å². The van der Waals surface area contributed by atoms with Gasteiger partial charge in [-0.2, -0.15) is 5.26 Å². The van der Waals surface area contributed by atoms with E-state index in [1.54, 1.807) is 12.1 Å². The maximum atomic E-state index is 13.0. The third-order valence-corrected chi connectivity index (χ3v) is 7.63. The number of ether oxygens (including phenoxy) is 1. The van der Waals surface area contributed by atoms with Crippen molar-refractivity contribution in [2.24, 2.45) is 11.3 Å². The molecule has 1 heterocycles. The summed E-state index contributed by atoms with van der Waals surface area (Å²) in [7, 11) is 0. The lowest BCUT2D eigenvalue weighted by Gasteiger charge is -2.33. The van der Waals surface area contributed by atoms with Gasteiger partial charge in [0.2, 0.25) is 0 Å². The van der Waals surface area contributed by atoms with Gasteiger partial charge in [-0.1, -0.05) is 71.6 Å². The first kappa shape index (κ1) is 27.8. The van der Waals surface area contributed by atoms with Crippen LogP contribution in [0.1, 0.15) is 109 Å². The van der Waals surface area contributed by atoms with E-state index < -0.39 is 11.4 Å². The predicted octanol–water partition coefficient (Wildman–Crippen LogP) is 8.23. The molecular formula is C31H43N3O2. The summed E-state index contributed by atoms with van der Waals surface area (Å²) in [5.41, 5.74) is 1.02. The van der Waals surface area contributed by atoms with Crippen molar-refractivity contribution in [2.75, 3.05) is 0 Å². The largest absolute Gasteiger partial charge is 0.425 e. The molecule has 0 unspecified atom stereocenters. The van der Waals surface area contributed by atoms with Crippen LogP contribution in [-0.4, -0.2) is 15.9 Å². The van der Waals surface area contributed by atoms with E-state index in [4.69, 9.17) is 4.74 Å². The van der Waals surface area contributed by atoms with Crippen LogP contribution in [0.2, 0.25) is 0 Å². The second-order valence-electron chi connectivity index (χ2n) is 10.5. The lowest BCUT2D eigenvalue weighted by Crippen LogP contribution is -2.37. The van der Waals surface area contributed by atoms with Crippen molar-refractivity contribution in [2.45, 2.75) is 110 Å². The number of carbonyl (C=O) groups excluding carboxylic acids is 1. The Balaban J connectivity index is 1.49. The Bertz CT molecular complexity index is 955. The van der Waals surface area contributed by atoms with Crippen molar-refractivity contribution < 1.29 is 9.53 Å². The van der Waals surface area contributed by atoms with Gasteiger partial charge in [0.1, 0.15) is 5.75 Å². The van der Waals surface area contributed by atoms with E-state index in [2.05, 4.69) is 29.9 Å². The summed E-state index contributed by atoms with van der Waals surface area (Å²) < 4.78 is 5.68. The fourth-order valence-corrected chi connectivity index (χ4v) is 5.12. The number of hydrogen-bond donors (Lipinski definition) is 0. The molecule has 0 aliphatic heterocycles. The predicted molar refractivity (Wildman–Crippen MR) is 144 cm³/mol. The first-order chi connectivity index (χ1) is 17.6. The molecular weight excluding hydrogens is 446 g/mol. The second-order valence-corrected chi connectivity index (χ2v) is 10.5. The van der Waals surface area contributed by atoms with Crippen LogP contribution in [0, 0.1) is 22.7 Å². The fraction of sp³-hybridized carbons (Fsp3) is 0.613. The monoisotopic (exact) mass is 489 g/mol. The lowest BCUT2D eigenvalue weighted by atomic mass is 9.70. The maximum Gasteiger partial charge on any atom is 0.331 e. The Morgan fingerprint density at radius 1 is 0.944 bits per heavy atom. The highest BCUT2D eigenvalue weighted by atomic mass is 16.5. The molecule has 5 nitrogen and oxygen atoms in total. The van der Waals surface area contributed by atoms with Gasteiger partial charge in [-0.15, -0.1) is 0 Å². The van der Waals surface area contributed by atoms with Crippen molar-refractivity contribution in [3.8, 4) is 23.2 Å². The molecule has 0 amide bonds.